The van der Waals surface area contributed by atoms with Crippen LogP contribution in [0.1, 0.15) is 23.2 Å². The van der Waals surface area contributed by atoms with Gasteiger partial charge in [-0.1, -0.05) is 12.1 Å². The van der Waals surface area contributed by atoms with Gasteiger partial charge in [-0.3, -0.25) is 14.3 Å². The number of pyridine rings is 1. The molecule has 1 N–H and O–H groups in total. The number of imidazole rings is 1. The molecule has 0 unspecified atom stereocenters. The molecule has 1 amide bonds. The van der Waals surface area contributed by atoms with Gasteiger partial charge in [-0.2, -0.15) is 0 Å². The van der Waals surface area contributed by atoms with Crippen molar-refractivity contribution in [2.45, 2.75) is 13.8 Å². The Morgan fingerprint density at radius 2 is 2.10 bits per heavy atom. The molecule has 0 saturated carbocycles. The first-order valence-electron chi connectivity index (χ1n) is 6.89. The third-order valence-electron chi connectivity index (χ3n) is 3.30. The normalized spacial score (nSPS) is 10.8. The number of hydrogen-bond acceptors (Lipinski definition) is 3. The number of nitrogens with zero attached hydrogens (tertiary/aromatic N) is 3. The smallest absolute Gasteiger partial charge is 0.269 e. The van der Waals surface area contributed by atoms with Crippen LogP contribution < -0.4 is 5.32 Å². The average molecular weight is 280 g/mol. The predicted octanol–water partition coefficient (Wildman–Crippen LogP) is 2.48. The van der Waals surface area contributed by atoms with Crippen LogP contribution in [-0.2, 0) is 0 Å². The van der Waals surface area contributed by atoms with E-state index in [1.165, 1.54) is 0 Å². The van der Waals surface area contributed by atoms with Crippen molar-refractivity contribution in [3.05, 3.63) is 54.1 Å². The van der Waals surface area contributed by atoms with Crippen molar-refractivity contribution < 1.29 is 4.79 Å². The minimum atomic E-state index is -0.165. The van der Waals surface area contributed by atoms with Crippen LogP contribution in [0.5, 0.6) is 0 Å². The van der Waals surface area contributed by atoms with Crippen LogP contribution in [0.3, 0.4) is 0 Å². The molecular weight excluding hydrogens is 264 g/mol. The Labute approximate surface area is 122 Å². The fourth-order valence-electron chi connectivity index (χ4n) is 2.41. The third kappa shape index (κ3) is 2.38. The van der Waals surface area contributed by atoms with Gasteiger partial charge in [-0.25, -0.2) is 4.98 Å². The highest BCUT2D eigenvalue weighted by molar-refractivity contribution is 5.92. The second kappa shape index (κ2) is 5.36. The van der Waals surface area contributed by atoms with Crippen molar-refractivity contribution in [1.82, 2.24) is 19.9 Å². The summed E-state index contributed by atoms with van der Waals surface area (Å²) in [4.78, 5) is 20.6. The monoisotopic (exact) mass is 280 g/mol. The van der Waals surface area contributed by atoms with Crippen molar-refractivity contribution in [2.75, 3.05) is 6.54 Å². The van der Waals surface area contributed by atoms with Gasteiger partial charge < -0.3 is 5.32 Å². The molecule has 0 bridgehead atoms. The highest BCUT2D eigenvalue weighted by atomic mass is 16.1. The minimum absolute atomic E-state index is 0.165. The molecule has 1 aromatic carbocycles. The zero-order chi connectivity index (χ0) is 14.8. The Kier molecular flexibility index (Phi) is 3.39. The third-order valence-corrected chi connectivity index (χ3v) is 3.30. The van der Waals surface area contributed by atoms with Gasteiger partial charge in [0.05, 0.1) is 16.7 Å². The van der Waals surface area contributed by atoms with E-state index in [4.69, 9.17) is 0 Å². The van der Waals surface area contributed by atoms with Crippen LogP contribution in [0.15, 0.2) is 42.6 Å². The quantitative estimate of drug-likeness (QED) is 0.801. The average Bonchev–Trinajstić information content (AvgIpc) is 2.83. The van der Waals surface area contributed by atoms with Gasteiger partial charge in [0.2, 0.25) is 0 Å². The number of carbonyl (C=O) groups excluding carboxylic acids is 1. The van der Waals surface area contributed by atoms with Crippen molar-refractivity contribution in [2.24, 2.45) is 0 Å². The summed E-state index contributed by atoms with van der Waals surface area (Å²) in [7, 11) is 0. The van der Waals surface area contributed by atoms with Crippen molar-refractivity contribution in [3.63, 3.8) is 0 Å². The zero-order valence-corrected chi connectivity index (χ0v) is 12.0. The van der Waals surface area contributed by atoms with Gasteiger partial charge >= 0.3 is 0 Å². The number of hydrogen-bond donors (Lipinski definition) is 1. The lowest BCUT2D eigenvalue weighted by atomic mass is 10.2. The van der Waals surface area contributed by atoms with E-state index in [1.807, 2.05) is 48.7 Å². The van der Waals surface area contributed by atoms with Crippen molar-refractivity contribution in [1.29, 1.82) is 0 Å². The number of fused-ring (bicyclic) bond motifs is 1. The van der Waals surface area contributed by atoms with Gasteiger partial charge in [0.15, 0.2) is 0 Å². The molecule has 0 fully saturated rings. The lowest BCUT2D eigenvalue weighted by Gasteiger charge is -2.08. The topological polar surface area (TPSA) is 59.8 Å². The summed E-state index contributed by atoms with van der Waals surface area (Å²) in [5.41, 5.74) is 3.25. The van der Waals surface area contributed by atoms with Crippen LogP contribution in [0.25, 0.3) is 16.7 Å². The van der Waals surface area contributed by atoms with Gasteiger partial charge in [0.25, 0.3) is 5.91 Å². The molecule has 0 aliphatic carbocycles. The Bertz CT molecular complexity index is 807. The summed E-state index contributed by atoms with van der Waals surface area (Å²) in [6.07, 6.45) is 1.65. The SMILES string of the molecule is CCNC(=O)c1cc(-n2c(C)nc3ccccc32)ccn1. The number of aryl methyl sites for hydroxylation is 1. The highest BCUT2D eigenvalue weighted by Gasteiger charge is 2.11. The molecule has 5 heteroatoms. The molecule has 0 aliphatic heterocycles. The summed E-state index contributed by atoms with van der Waals surface area (Å²) in [5.74, 6) is 0.714. The second-order valence-electron chi connectivity index (χ2n) is 4.74. The van der Waals surface area contributed by atoms with E-state index in [1.54, 1.807) is 12.3 Å². The van der Waals surface area contributed by atoms with Crippen LogP contribution in [-0.4, -0.2) is 27.0 Å². The summed E-state index contributed by atoms with van der Waals surface area (Å²) < 4.78 is 2.03. The van der Waals surface area contributed by atoms with Crippen molar-refractivity contribution in [3.8, 4) is 5.69 Å². The Hall–Kier alpha value is -2.69. The molecule has 0 atom stereocenters. The maximum atomic E-state index is 11.9. The molecular formula is C16H16N4O. The molecule has 2 aromatic heterocycles. The Morgan fingerprint density at radius 3 is 2.90 bits per heavy atom. The number of carbonyl (C=O) groups is 1. The highest BCUT2D eigenvalue weighted by Crippen LogP contribution is 2.21. The maximum absolute atomic E-state index is 11.9. The number of benzene rings is 1. The number of amides is 1. The zero-order valence-electron chi connectivity index (χ0n) is 12.0. The summed E-state index contributed by atoms with van der Waals surface area (Å²) in [5, 5.41) is 2.76. The molecule has 0 spiro atoms. The lowest BCUT2D eigenvalue weighted by molar-refractivity contribution is 0.0951. The number of aromatic nitrogens is 3. The summed E-state index contributed by atoms with van der Waals surface area (Å²) in [6, 6.07) is 11.6. The van der Waals surface area contributed by atoms with Crippen molar-refractivity contribution >= 4 is 16.9 Å². The van der Waals surface area contributed by atoms with Gasteiger partial charge in [-0.15, -0.1) is 0 Å². The van der Waals surface area contributed by atoms with Crippen LogP contribution in [0.2, 0.25) is 0 Å². The van der Waals surface area contributed by atoms with E-state index >= 15 is 0 Å². The van der Waals surface area contributed by atoms with Crippen LogP contribution in [0.4, 0.5) is 0 Å². The maximum Gasteiger partial charge on any atom is 0.269 e. The minimum Gasteiger partial charge on any atom is -0.351 e. The fourth-order valence-corrected chi connectivity index (χ4v) is 2.41. The second-order valence-corrected chi connectivity index (χ2v) is 4.74. The fraction of sp³-hybridized carbons (Fsp3) is 0.188. The Morgan fingerprint density at radius 1 is 1.29 bits per heavy atom. The first-order chi connectivity index (χ1) is 10.2. The van der Waals surface area contributed by atoms with E-state index in [9.17, 15) is 4.79 Å². The molecule has 0 saturated heterocycles. The molecule has 0 aliphatic rings. The summed E-state index contributed by atoms with van der Waals surface area (Å²) >= 11 is 0. The molecule has 106 valence electrons. The molecule has 3 rings (SSSR count). The van der Waals surface area contributed by atoms with E-state index in [-0.39, 0.29) is 5.91 Å². The van der Waals surface area contributed by atoms with E-state index in [2.05, 4.69) is 15.3 Å². The molecule has 3 aromatic rings. The first-order valence-corrected chi connectivity index (χ1v) is 6.89. The van der Waals surface area contributed by atoms with Crippen LogP contribution >= 0.6 is 0 Å². The van der Waals surface area contributed by atoms with E-state index in [0.29, 0.717) is 12.2 Å². The van der Waals surface area contributed by atoms with Gasteiger partial charge in [0, 0.05) is 12.7 Å². The summed E-state index contributed by atoms with van der Waals surface area (Å²) in [6.45, 7) is 4.42. The molecule has 5 nitrogen and oxygen atoms in total. The molecule has 2 heterocycles. The van der Waals surface area contributed by atoms with E-state index in [0.717, 1.165) is 22.5 Å². The van der Waals surface area contributed by atoms with Gasteiger partial charge in [-0.05, 0) is 38.1 Å². The number of nitrogens with one attached hydrogen (secondary N) is 1. The van der Waals surface area contributed by atoms with Crippen LogP contribution in [0, 0.1) is 6.92 Å². The Balaban J connectivity index is 2.13. The van der Waals surface area contributed by atoms with E-state index < -0.39 is 0 Å². The largest absolute Gasteiger partial charge is 0.351 e. The first kappa shape index (κ1) is 13.3. The predicted molar refractivity (Wildman–Crippen MR) is 81.6 cm³/mol. The standard InChI is InChI=1S/C16H16N4O/c1-3-17-16(21)14-10-12(8-9-18-14)20-11(2)19-13-6-4-5-7-15(13)20/h4-10H,3H2,1-2H3,(H,17,21). The number of rotatable bonds is 3. The lowest BCUT2D eigenvalue weighted by Crippen LogP contribution is -2.23. The molecule has 21 heavy (non-hydrogen) atoms. The molecule has 0 radical (unpaired) electrons. The van der Waals surface area contributed by atoms with Gasteiger partial charge in [0.1, 0.15) is 11.5 Å². The number of para-hydroxylation sites is 2.